The summed E-state index contributed by atoms with van der Waals surface area (Å²) in [5, 5.41) is 21.5. The molecule has 0 bridgehead atoms. The van der Waals surface area contributed by atoms with Gasteiger partial charge in [0.15, 0.2) is 5.76 Å². The van der Waals surface area contributed by atoms with Gasteiger partial charge >= 0.3 is 5.97 Å². The van der Waals surface area contributed by atoms with E-state index >= 15 is 0 Å². The average molecular weight is 363 g/mol. The van der Waals surface area contributed by atoms with Crippen molar-refractivity contribution < 1.29 is 24.2 Å². The summed E-state index contributed by atoms with van der Waals surface area (Å²) in [5.41, 5.74) is 0.0419. The standard InChI is InChI=1S/C18H21NO5S/c1-2-14-12(18(22)23)10-15(24-14)17(21)19-7-3-5-11(19)9-13(20)16-6-4-8-25-16/h4,6,8,10-11,13,20H,2-3,5,7,9H2,1H3,(H,22,23). The smallest absolute Gasteiger partial charge is 0.339 e. The second-order valence-electron chi connectivity index (χ2n) is 6.17. The van der Waals surface area contributed by atoms with Crippen molar-refractivity contribution in [2.24, 2.45) is 0 Å². The summed E-state index contributed by atoms with van der Waals surface area (Å²) >= 11 is 1.49. The number of nitrogens with zero attached hydrogens (tertiary/aromatic N) is 1. The molecular formula is C18H21NO5S. The number of aromatic carboxylic acids is 1. The van der Waals surface area contributed by atoms with E-state index in [0.29, 0.717) is 25.1 Å². The highest BCUT2D eigenvalue weighted by Gasteiger charge is 2.33. The highest BCUT2D eigenvalue weighted by Crippen LogP contribution is 2.31. The van der Waals surface area contributed by atoms with Crippen LogP contribution in [0.25, 0.3) is 0 Å². The number of aryl methyl sites for hydroxylation is 1. The maximum absolute atomic E-state index is 12.8. The Hall–Kier alpha value is -2.12. The Balaban J connectivity index is 1.75. The van der Waals surface area contributed by atoms with Crippen molar-refractivity contribution in [1.29, 1.82) is 0 Å². The fourth-order valence-electron chi connectivity index (χ4n) is 3.32. The first kappa shape index (κ1) is 17.7. The van der Waals surface area contributed by atoms with E-state index < -0.39 is 12.1 Å². The minimum absolute atomic E-state index is 0.0419. The molecule has 0 aliphatic carbocycles. The largest absolute Gasteiger partial charge is 0.478 e. The highest BCUT2D eigenvalue weighted by molar-refractivity contribution is 7.10. The van der Waals surface area contributed by atoms with Gasteiger partial charge in [-0.1, -0.05) is 13.0 Å². The summed E-state index contributed by atoms with van der Waals surface area (Å²) in [6.07, 6.45) is 1.97. The molecule has 2 atom stereocenters. The number of carboxylic acids is 1. The molecule has 1 amide bonds. The number of hydrogen-bond acceptors (Lipinski definition) is 5. The number of aliphatic hydroxyl groups is 1. The minimum Gasteiger partial charge on any atom is -0.478 e. The molecule has 1 saturated heterocycles. The van der Waals surface area contributed by atoms with Gasteiger partial charge < -0.3 is 19.5 Å². The summed E-state index contributed by atoms with van der Waals surface area (Å²) in [6, 6.07) is 5.01. The van der Waals surface area contributed by atoms with Gasteiger partial charge in [-0.25, -0.2) is 4.79 Å². The van der Waals surface area contributed by atoms with Gasteiger partial charge in [0.1, 0.15) is 11.3 Å². The van der Waals surface area contributed by atoms with Crippen molar-refractivity contribution in [3.63, 3.8) is 0 Å². The zero-order chi connectivity index (χ0) is 18.0. The zero-order valence-electron chi connectivity index (χ0n) is 14.0. The van der Waals surface area contributed by atoms with Crippen LogP contribution in [0.4, 0.5) is 0 Å². The number of carbonyl (C=O) groups is 2. The van der Waals surface area contributed by atoms with Crippen LogP contribution in [0, 0.1) is 0 Å². The molecular weight excluding hydrogens is 342 g/mol. The van der Waals surface area contributed by atoms with Gasteiger partial charge in [-0.2, -0.15) is 0 Å². The van der Waals surface area contributed by atoms with Crippen LogP contribution in [0.5, 0.6) is 0 Å². The summed E-state index contributed by atoms with van der Waals surface area (Å²) in [7, 11) is 0. The Bertz CT molecular complexity index is 752. The van der Waals surface area contributed by atoms with E-state index in [9.17, 15) is 19.8 Å². The molecule has 0 spiro atoms. The minimum atomic E-state index is -1.09. The van der Waals surface area contributed by atoms with Crippen molar-refractivity contribution in [2.75, 3.05) is 6.54 Å². The molecule has 2 aromatic heterocycles. The van der Waals surface area contributed by atoms with Crippen LogP contribution < -0.4 is 0 Å². The molecule has 2 unspecified atom stereocenters. The Kier molecular flexibility index (Phi) is 5.24. The lowest BCUT2D eigenvalue weighted by Crippen LogP contribution is -2.36. The van der Waals surface area contributed by atoms with E-state index in [1.54, 1.807) is 11.8 Å². The number of carboxylic acid groups (broad SMARTS) is 1. The zero-order valence-corrected chi connectivity index (χ0v) is 14.8. The predicted molar refractivity (Wildman–Crippen MR) is 93.0 cm³/mol. The monoisotopic (exact) mass is 363 g/mol. The number of amides is 1. The lowest BCUT2D eigenvalue weighted by Gasteiger charge is -2.25. The molecule has 1 fully saturated rings. The summed E-state index contributed by atoms with van der Waals surface area (Å²) in [5.74, 6) is -1.02. The van der Waals surface area contributed by atoms with Gasteiger partial charge in [0.25, 0.3) is 5.91 Å². The number of thiophene rings is 1. The van der Waals surface area contributed by atoms with Gasteiger partial charge in [0.2, 0.25) is 0 Å². The number of aliphatic hydroxyl groups excluding tert-OH is 1. The molecule has 0 aromatic carbocycles. The van der Waals surface area contributed by atoms with Crippen LogP contribution in [0.15, 0.2) is 28.0 Å². The first-order valence-electron chi connectivity index (χ1n) is 8.39. The van der Waals surface area contributed by atoms with E-state index in [-0.39, 0.29) is 23.3 Å². The summed E-state index contributed by atoms with van der Waals surface area (Å²) < 4.78 is 5.49. The lowest BCUT2D eigenvalue weighted by atomic mass is 10.1. The van der Waals surface area contributed by atoms with Crippen LogP contribution in [0.2, 0.25) is 0 Å². The Morgan fingerprint density at radius 1 is 1.48 bits per heavy atom. The fraction of sp³-hybridized carbons (Fsp3) is 0.444. The first-order chi connectivity index (χ1) is 12.0. The second-order valence-corrected chi connectivity index (χ2v) is 7.15. The quantitative estimate of drug-likeness (QED) is 0.821. The number of rotatable bonds is 6. The van der Waals surface area contributed by atoms with Gasteiger partial charge in [-0.05, 0) is 30.7 Å². The van der Waals surface area contributed by atoms with E-state index in [1.165, 1.54) is 17.4 Å². The number of carbonyl (C=O) groups excluding carboxylic acids is 1. The van der Waals surface area contributed by atoms with E-state index in [0.717, 1.165) is 17.7 Å². The molecule has 1 aliphatic rings. The molecule has 1 aliphatic heterocycles. The number of furan rings is 1. The molecule has 25 heavy (non-hydrogen) atoms. The Labute approximate surface area is 149 Å². The predicted octanol–water partition coefficient (Wildman–Crippen LogP) is 3.33. The fourth-order valence-corrected chi connectivity index (χ4v) is 4.05. The maximum Gasteiger partial charge on any atom is 0.339 e. The maximum atomic E-state index is 12.8. The molecule has 134 valence electrons. The second kappa shape index (κ2) is 7.41. The molecule has 0 saturated carbocycles. The van der Waals surface area contributed by atoms with Crippen LogP contribution in [0.3, 0.4) is 0 Å². The Morgan fingerprint density at radius 3 is 2.88 bits per heavy atom. The lowest BCUT2D eigenvalue weighted by molar-refractivity contribution is 0.0635. The van der Waals surface area contributed by atoms with Crippen LogP contribution in [0.1, 0.15) is 63.8 Å². The van der Waals surface area contributed by atoms with Crippen molar-refractivity contribution in [3.05, 3.63) is 45.5 Å². The molecule has 2 N–H and O–H groups in total. The highest BCUT2D eigenvalue weighted by atomic mass is 32.1. The van der Waals surface area contributed by atoms with Gasteiger partial charge in [-0.3, -0.25) is 4.79 Å². The first-order valence-corrected chi connectivity index (χ1v) is 9.27. The molecule has 2 aromatic rings. The average Bonchev–Trinajstić information content (AvgIpc) is 3.33. The molecule has 6 nitrogen and oxygen atoms in total. The van der Waals surface area contributed by atoms with Crippen molar-refractivity contribution in [1.82, 2.24) is 4.90 Å². The summed E-state index contributed by atoms with van der Waals surface area (Å²) in [4.78, 5) is 26.6. The van der Waals surface area contributed by atoms with Crippen molar-refractivity contribution >= 4 is 23.2 Å². The van der Waals surface area contributed by atoms with Gasteiger partial charge in [0, 0.05) is 30.0 Å². The molecule has 0 radical (unpaired) electrons. The van der Waals surface area contributed by atoms with Crippen molar-refractivity contribution in [2.45, 2.75) is 44.8 Å². The number of likely N-dealkylation sites (tertiary alicyclic amines) is 1. The van der Waals surface area contributed by atoms with Crippen LogP contribution >= 0.6 is 11.3 Å². The molecule has 3 heterocycles. The topological polar surface area (TPSA) is 91.0 Å². The van der Waals surface area contributed by atoms with E-state index in [4.69, 9.17) is 4.42 Å². The van der Waals surface area contributed by atoms with Crippen LogP contribution in [-0.2, 0) is 6.42 Å². The summed E-state index contributed by atoms with van der Waals surface area (Å²) in [6.45, 7) is 2.38. The molecule has 3 rings (SSSR count). The van der Waals surface area contributed by atoms with E-state index in [2.05, 4.69) is 0 Å². The third-order valence-electron chi connectivity index (χ3n) is 4.58. The van der Waals surface area contributed by atoms with E-state index in [1.807, 2.05) is 17.5 Å². The van der Waals surface area contributed by atoms with Gasteiger partial charge in [0.05, 0.1) is 6.10 Å². The van der Waals surface area contributed by atoms with Gasteiger partial charge in [-0.15, -0.1) is 11.3 Å². The van der Waals surface area contributed by atoms with Crippen LogP contribution in [-0.4, -0.2) is 39.6 Å². The third-order valence-corrected chi connectivity index (χ3v) is 5.55. The molecule has 7 heteroatoms. The third kappa shape index (κ3) is 3.62. The SMILES string of the molecule is CCc1oc(C(=O)N2CCCC2CC(O)c2cccs2)cc1C(=O)O. The number of hydrogen-bond donors (Lipinski definition) is 2. The van der Waals surface area contributed by atoms with Crippen molar-refractivity contribution in [3.8, 4) is 0 Å². The normalized spacial score (nSPS) is 18.5. The Morgan fingerprint density at radius 2 is 2.28 bits per heavy atom.